The summed E-state index contributed by atoms with van der Waals surface area (Å²) in [5, 5.41) is 18.5. The number of rotatable bonds is 11. The summed E-state index contributed by atoms with van der Waals surface area (Å²) in [7, 11) is 0. The molecule has 1 heterocycles. The summed E-state index contributed by atoms with van der Waals surface area (Å²) in [4.78, 5) is 36.8. The molecule has 0 spiro atoms. The number of carbonyl (C=O) groups is 2. The zero-order valence-corrected chi connectivity index (χ0v) is 24.1. The van der Waals surface area contributed by atoms with Crippen LogP contribution in [-0.4, -0.2) is 35.1 Å². The Hall–Kier alpha value is -4.67. The van der Waals surface area contributed by atoms with Gasteiger partial charge in [0.25, 0.3) is 17.5 Å². The lowest BCUT2D eigenvalue weighted by Gasteiger charge is -2.21. The van der Waals surface area contributed by atoms with Crippen LogP contribution in [0.1, 0.15) is 23.8 Å². The second kappa shape index (κ2) is 13.8. The number of nitrogens with zero attached hydrogens (tertiary/aromatic N) is 2. The first kappa shape index (κ1) is 30.3. The molecule has 3 aromatic carbocycles. The quantitative estimate of drug-likeness (QED) is 0.120. The fraction of sp³-hybridized carbons (Fsp3) is 0.167. The summed E-state index contributed by atoms with van der Waals surface area (Å²) in [6.07, 6.45) is 0.514. The minimum Gasteiger partial charge on any atom is -0.479 e. The van der Waals surface area contributed by atoms with Gasteiger partial charge in [-0.3, -0.25) is 19.7 Å². The van der Waals surface area contributed by atoms with Crippen LogP contribution in [0.25, 0.3) is 11.3 Å². The predicted molar refractivity (Wildman–Crippen MR) is 160 cm³/mol. The molecule has 0 bridgehead atoms. The Kier molecular flexibility index (Phi) is 9.95. The summed E-state index contributed by atoms with van der Waals surface area (Å²) in [5.41, 5.74) is 4.55. The van der Waals surface area contributed by atoms with Gasteiger partial charge in [0.2, 0.25) is 0 Å². The summed E-state index contributed by atoms with van der Waals surface area (Å²) in [5.74, 6) is -0.115. The molecule has 216 valence electrons. The van der Waals surface area contributed by atoms with Gasteiger partial charge in [0.1, 0.15) is 23.3 Å². The van der Waals surface area contributed by atoms with Crippen LogP contribution in [0.4, 0.5) is 5.69 Å². The number of hydrazone groups is 1. The minimum absolute atomic E-state index is 0.0584. The molecular weight excluding hydrogens is 583 g/mol. The molecule has 0 unspecified atom stereocenters. The highest BCUT2D eigenvalue weighted by molar-refractivity contribution is 6.35. The molecule has 0 aliphatic heterocycles. The standard InChI is InChI=1S/C30H26Cl2N4O6/c1-18-8-10-22(36(39)40)16-24(18)27-13-11-23(42-27)17-33-35-30(38)26(14-20-6-4-3-5-7-20)34-29(37)19(2)41-28-12-9-21(31)15-25(28)32/h3-13,15-17,19,26H,14H2,1-2H3,(H,34,37)(H,35,38)/b33-17-/t19-,26+/m0/s1. The molecule has 0 saturated carbocycles. The highest BCUT2D eigenvalue weighted by Gasteiger charge is 2.25. The average molecular weight is 609 g/mol. The SMILES string of the molecule is Cc1ccc([N+](=O)[O-])cc1-c1ccc(/C=N\NC(=O)[C@@H](Cc2ccccc2)NC(=O)[C@H](C)Oc2ccc(Cl)cc2Cl)o1. The average Bonchev–Trinajstić information content (AvgIpc) is 3.43. The first-order chi connectivity index (χ1) is 20.1. The predicted octanol–water partition coefficient (Wildman–Crippen LogP) is 6.12. The van der Waals surface area contributed by atoms with E-state index < -0.39 is 28.9 Å². The van der Waals surface area contributed by atoms with E-state index in [2.05, 4.69) is 15.8 Å². The summed E-state index contributed by atoms with van der Waals surface area (Å²) < 4.78 is 11.4. The molecule has 2 atom stereocenters. The lowest BCUT2D eigenvalue weighted by atomic mass is 10.1. The van der Waals surface area contributed by atoms with Crippen LogP contribution in [0.15, 0.2) is 88.4 Å². The van der Waals surface area contributed by atoms with Crippen LogP contribution in [0.3, 0.4) is 0 Å². The normalized spacial score (nSPS) is 12.5. The molecule has 10 nitrogen and oxygen atoms in total. The smallest absolute Gasteiger partial charge is 0.270 e. The number of carbonyl (C=O) groups excluding carboxylic acids is 2. The maximum absolute atomic E-state index is 13.1. The first-order valence-corrected chi connectivity index (χ1v) is 13.5. The lowest BCUT2D eigenvalue weighted by molar-refractivity contribution is -0.384. The number of amides is 2. The van der Waals surface area contributed by atoms with Crippen LogP contribution in [0, 0.1) is 17.0 Å². The summed E-state index contributed by atoms with van der Waals surface area (Å²) in [6, 6.07) is 20.6. The minimum atomic E-state index is -0.983. The van der Waals surface area contributed by atoms with Gasteiger partial charge >= 0.3 is 0 Å². The second-order valence-electron chi connectivity index (χ2n) is 9.28. The van der Waals surface area contributed by atoms with E-state index in [1.54, 1.807) is 30.3 Å². The monoisotopic (exact) mass is 608 g/mol. The zero-order chi connectivity index (χ0) is 30.2. The molecule has 42 heavy (non-hydrogen) atoms. The van der Waals surface area contributed by atoms with E-state index in [0.29, 0.717) is 22.1 Å². The molecule has 0 saturated heterocycles. The van der Waals surface area contributed by atoms with Gasteiger partial charge in [-0.2, -0.15) is 5.10 Å². The lowest BCUT2D eigenvalue weighted by Crippen LogP contribution is -2.50. The molecular formula is C30H26Cl2N4O6. The number of aryl methyl sites for hydroxylation is 1. The summed E-state index contributed by atoms with van der Waals surface area (Å²) >= 11 is 12.1. The van der Waals surface area contributed by atoms with Gasteiger partial charge in [-0.25, -0.2) is 5.43 Å². The molecule has 0 aliphatic rings. The molecule has 12 heteroatoms. The maximum Gasteiger partial charge on any atom is 0.270 e. The molecule has 2 N–H and O–H groups in total. The number of nitro groups is 1. The Morgan fingerprint density at radius 2 is 1.81 bits per heavy atom. The van der Waals surface area contributed by atoms with Crippen molar-refractivity contribution in [2.45, 2.75) is 32.4 Å². The van der Waals surface area contributed by atoms with E-state index in [-0.39, 0.29) is 22.9 Å². The van der Waals surface area contributed by atoms with Crippen LogP contribution in [0.2, 0.25) is 10.0 Å². The van der Waals surface area contributed by atoms with Crippen molar-refractivity contribution in [3.05, 3.63) is 116 Å². The summed E-state index contributed by atoms with van der Waals surface area (Å²) in [6.45, 7) is 3.35. The third-order valence-corrected chi connectivity index (χ3v) is 6.70. The largest absolute Gasteiger partial charge is 0.479 e. The van der Waals surface area contributed by atoms with Crippen molar-refractivity contribution in [2.24, 2.45) is 5.10 Å². The van der Waals surface area contributed by atoms with E-state index >= 15 is 0 Å². The maximum atomic E-state index is 13.1. The van der Waals surface area contributed by atoms with E-state index in [1.807, 2.05) is 37.3 Å². The van der Waals surface area contributed by atoms with Crippen LogP contribution in [0.5, 0.6) is 5.75 Å². The van der Waals surface area contributed by atoms with E-state index in [0.717, 1.165) is 11.1 Å². The number of hydrogen-bond acceptors (Lipinski definition) is 7. The van der Waals surface area contributed by atoms with Gasteiger partial charge in [0, 0.05) is 29.1 Å². The molecule has 4 aromatic rings. The molecule has 0 radical (unpaired) electrons. The third kappa shape index (κ3) is 7.96. The highest BCUT2D eigenvalue weighted by Crippen LogP contribution is 2.29. The van der Waals surface area contributed by atoms with Gasteiger partial charge in [0.05, 0.1) is 16.2 Å². The number of furan rings is 1. The Bertz CT molecular complexity index is 1620. The Morgan fingerprint density at radius 3 is 2.52 bits per heavy atom. The fourth-order valence-electron chi connectivity index (χ4n) is 3.96. The Balaban J connectivity index is 1.44. The number of hydrogen-bond donors (Lipinski definition) is 2. The second-order valence-corrected chi connectivity index (χ2v) is 10.1. The van der Waals surface area contributed by atoms with Crippen LogP contribution < -0.4 is 15.5 Å². The number of nitrogens with one attached hydrogen (secondary N) is 2. The van der Waals surface area contributed by atoms with E-state index in [1.165, 1.54) is 31.3 Å². The number of halogens is 2. The number of benzene rings is 3. The van der Waals surface area contributed by atoms with Crippen molar-refractivity contribution in [3.8, 4) is 17.1 Å². The van der Waals surface area contributed by atoms with Crippen molar-refractivity contribution < 1.29 is 23.7 Å². The first-order valence-electron chi connectivity index (χ1n) is 12.7. The van der Waals surface area contributed by atoms with Gasteiger partial charge < -0.3 is 14.5 Å². The molecule has 0 aliphatic carbocycles. The van der Waals surface area contributed by atoms with Gasteiger partial charge in [-0.05, 0) is 55.3 Å². The molecule has 1 aromatic heterocycles. The number of non-ortho nitro benzene ring substituents is 1. The Morgan fingerprint density at radius 1 is 1.05 bits per heavy atom. The van der Waals surface area contributed by atoms with Crippen LogP contribution >= 0.6 is 23.2 Å². The third-order valence-electron chi connectivity index (χ3n) is 6.17. The van der Waals surface area contributed by atoms with Crippen LogP contribution in [-0.2, 0) is 16.0 Å². The van der Waals surface area contributed by atoms with Gasteiger partial charge in [-0.15, -0.1) is 0 Å². The van der Waals surface area contributed by atoms with E-state index in [4.69, 9.17) is 32.4 Å². The topological polar surface area (TPSA) is 136 Å². The van der Waals surface area contributed by atoms with Crippen molar-refractivity contribution in [3.63, 3.8) is 0 Å². The molecule has 2 amide bonds. The zero-order valence-electron chi connectivity index (χ0n) is 22.5. The van der Waals surface area contributed by atoms with Gasteiger partial charge in [-0.1, -0.05) is 59.6 Å². The molecule has 4 rings (SSSR count). The van der Waals surface area contributed by atoms with Crippen molar-refractivity contribution in [1.29, 1.82) is 0 Å². The molecule has 0 fully saturated rings. The number of nitro benzene ring substituents is 1. The highest BCUT2D eigenvalue weighted by atomic mass is 35.5. The number of ether oxygens (including phenoxy) is 1. The fourth-order valence-corrected chi connectivity index (χ4v) is 4.41. The van der Waals surface area contributed by atoms with Crippen molar-refractivity contribution >= 4 is 46.9 Å². The van der Waals surface area contributed by atoms with Crippen molar-refractivity contribution in [2.75, 3.05) is 0 Å². The van der Waals surface area contributed by atoms with E-state index in [9.17, 15) is 19.7 Å². The Labute approximate surface area is 251 Å². The van der Waals surface area contributed by atoms with Gasteiger partial charge in [0.15, 0.2) is 6.10 Å². The van der Waals surface area contributed by atoms with Crippen molar-refractivity contribution in [1.82, 2.24) is 10.7 Å².